The van der Waals surface area contributed by atoms with E-state index in [0.717, 1.165) is 25.7 Å². The van der Waals surface area contributed by atoms with E-state index in [1.165, 1.54) is 0 Å². The molecule has 66 valence electrons. The summed E-state index contributed by atoms with van der Waals surface area (Å²) in [6.07, 6.45) is 3.34. The first-order chi connectivity index (χ1) is 4.97. The van der Waals surface area contributed by atoms with Crippen LogP contribution in [-0.2, 0) is 14.5 Å². The molecular formula is C6H13NO3S. The first kappa shape index (κ1) is 8.96. The van der Waals surface area contributed by atoms with Crippen LogP contribution in [0, 0.1) is 0 Å². The maximum absolute atomic E-state index is 10.5. The highest BCUT2D eigenvalue weighted by Gasteiger charge is 2.46. The summed E-state index contributed by atoms with van der Waals surface area (Å²) in [4.78, 5) is 0. The van der Waals surface area contributed by atoms with E-state index in [9.17, 15) is 8.42 Å². The molecule has 4 nitrogen and oxygen atoms in total. The molecule has 1 fully saturated rings. The number of hydrogen-bond donors (Lipinski definition) is 1. The van der Waals surface area contributed by atoms with Gasteiger partial charge in [0, 0.05) is 0 Å². The summed E-state index contributed by atoms with van der Waals surface area (Å²) in [7, 11) is -3.74. The van der Waals surface area contributed by atoms with Crippen LogP contribution in [0.2, 0.25) is 0 Å². The first-order valence-electron chi connectivity index (χ1n) is 3.71. The normalized spacial score (nSPS) is 21.6. The lowest BCUT2D eigenvalue weighted by atomic mass is 10.2. The van der Waals surface area contributed by atoms with Crippen LogP contribution in [0.1, 0.15) is 32.6 Å². The van der Waals surface area contributed by atoms with Crippen LogP contribution in [0.15, 0.2) is 0 Å². The Balaban J connectivity index is 2.48. The van der Waals surface area contributed by atoms with Gasteiger partial charge in [0.1, 0.15) is 0 Å². The summed E-state index contributed by atoms with van der Waals surface area (Å²) in [6, 6.07) is 0. The molecule has 0 aromatic heterocycles. The molecule has 1 aliphatic carbocycles. The highest BCUT2D eigenvalue weighted by Crippen LogP contribution is 2.44. The van der Waals surface area contributed by atoms with Crippen molar-refractivity contribution in [3.8, 4) is 0 Å². The Bertz CT molecular complexity index is 230. The standard InChI is InChI=1S/C6H13NO3S/c1-2-3-6(4-5-6)10-11(7,8)9/h2-5H2,1H3,(H2,7,8,9). The van der Waals surface area contributed by atoms with Crippen LogP contribution in [0.25, 0.3) is 0 Å². The predicted molar refractivity (Wildman–Crippen MR) is 41.1 cm³/mol. The summed E-state index contributed by atoms with van der Waals surface area (Å²) in [6.45, 7) is 1.99. The fourth-order valence-electron chi connectivity index (χ4n) is 1.22. The van der Waals surface area contributed by atoms with E-state index in [0.29, 0.717) is 0 Å². The molecule has 5 heteroatoms. The van der Waals surface area contributed by atoms with Gasteiger partial charge in [-0.1, -0.05) is 13.3 Å². The average Bonchev–Trinajstić information content (AvgIpc) is 2.44. The van der Waals surface area contributed by atoms with Crippen molar-refractivity contribution < 1.29 is 12.6 Å². The van der Waals surface area contributed by atoms with Gasteiger partial charge in [-0.2, -0.15) is 8.42 Å². The van der Waals surface area contributed by atoms with Crippen molar-refractivity contribution in [1.82, 2.24) is 0 Å². The number of hydrogen-bond acceptors (Lipinski definition) is 3. The van der Waals surface area contributed by atoms with Crippen LogP contribution in [0.5, 0.6) is 0 Å². The van der Waals surface area contributed by atoms with Gasteiger partial charge >= 0.3 is 10.3 Å². The molecule has 2 N–H and O–H groups in total. The van der Waals surface area contributed by atoms with Crippen LogP contribution in [0.3, 0.4) is 0 Å². The lowest BCUT2D eigenvalue weighted by Gasteiger charge is -2.11. The minimum absolute atomic E-state index is 0.428. The van der Waals surface area contributed by atoms with Gasteiger partial charge in [-0.05, 0) is 19.3 Å². The zero-order valence-corrected chi connectivity index (χ0v) is 7.36. The van der Waals surface area contributed by atoms with Crippen LogP contribution in [0.4, 0.5) is 0 Å². The molecule has 1 saturated carbocycles. The maximum Gasteiger partial charge on any atom is 0.333 e. The van der Waals surface area contributed by atoms with Gasteiger partial charge < -0.3 is 0 Å². The van der Waals surface area contributed by atoms with E-state index in [1.54, 1.807) is 0 Å². The van der Waals surface area contributed by atoms with Crippen molar-refractivity contribution in [2.45, 2.75) is 38.2 Å². The Morgan fingerprint density at radius 1 is 1.55 bits per heavy atom. The molecule has 0 aromatic carbocycles. The predicted octanol–water partition coefficient (Wildman–Crippen LogP) is 0.539. The zero-order valence-electron chi connectivity index (χ0n) is 6.54. The number of rotatable bonds is 4. The van der Waals surface area contributed by atoms with Crippen molar-refractivity contribution in [3.63, 3.8) is 0 Å². The van der Waals surface area contributed by atoms with Crippen molar-refractivity contribution in [1.29, 1.82) is 0 Å². The summed E-state index contributed by atoms with van der Waals surface area (Å²) < 4.78 is 25.8. The molecule has 0 bridgehead atoms. The van der Waals surface area contributed by atoms with E-state index in [1.807, 2.05) is 6.92 Å². The van der Waals surface area contributed by atoms with E-state index < -0.39 is 15.9 Å². The number of nitrogens with two attached hydrogens (primary N) is 1. The monoisotopic (exact) mass is 179 g/mol. The van der Waals surface area contributed by atoms with Crippen molar-refractivity contribution in [2.24, 2.45) is 5.14 Å². The van der Waals surface area contributed by atoms with Gasteiger partial charge in [-0.15, -0.1) is 0 Å². The fourth-order valence-corrected chi connectivity index (χ4v) is 1.96. The second-order valence-corrected chi connectivity index (χ2v) is 4.16. The van der Waals surface area contributed by atoms with Crippen LogP contribution < -0.4 is 5.14 Å². The summed E-state index contributed by atoms with van der Waals surface area (Å²) in [5, 5.41) is 4.74. The minimum atomic E-state index is -3.74. The van der Waals surface area contributed by atoms with Gasteiger partial charge in [0.2, 0.25) is 0 Å². The fraction of sp³-hybridized carbons (Fsp3) is 1.00. The van der Waals surface area contributed by atoms with Crippen LogP contribution >= 0.6 is 0 Å². The molecule has 1 aliphatic rings. The topological polar surface area (TPSA) is 69.4 Å². The van der Waals surface area contributed by atoms with E-state index in [-0.39, 0.29) is 0 Å². The minimum Gasteiger partial charge on any atom is -0.252 e. The summed E-state index contributed by atoms with van der Waals surface area (Å²) in [5.41, 5.74) is -0.428. The zero-order chi connectivity index (χ0) is 8.54. The molecule has 0 spiro atoms. The van der Waals surface area contributed by atoms with Crippen molar-refractivity contribution in [2.75, 3.05) is 0 Å². The average molecular weight is 179 g/mol. The van der Waals surface area contributed by atoms with Gasteiger partial charge in [0.05, 0.1) is 5.60 Å². The van der Waals surface area contributed by atoms with Gasteiger partial charge in [0.15, 0.2) is 0 Å². The first-order valence-corrected chi connectivity index (χ1v) is 5.18. The molecule has 0 atom stereocenters. The second-order valence-electron chi connectivity index (χ2n) is 3.01. The van der Waals surface area contributed by atoms with Gasteiger partial charge in [0.25, 0.3) is 0 Å². The highest BCUT2D eigenvalue weighted by atomic mass is 32.2. The van der Waals surface area contributed by atoms with Crippen molar-refractivity contribution >= 4 is 10.3 Å². The molecule has 1 rings (SSSR count). The Kier molecular flexibility index (Phi) is 2.22. The maximum atomic E-state index is 10.5. The van der Waals surface area contributed by atoms with Crippen LogP contribution in [-0.4, -0.2) is 14.0 Å². The third-order valence-corrected chi connectivity index (χ3v) is 2.39. The Labute approximate surface area is 67.0 Å². The Morgan fingerprint density at radius 3 is 2.36 bits per heavy atom. The molecule has 0 amide bonds. The molecule has 0 unspecified atom stereocenters. The van der Waals surface area contributed by atoms with Crippen molar-refractivity contribution in [3.05, 3.63) is 0 Å². The Hall–Kier alpha value is -0.130. The molecule has 11 heavy (non-hydrogen) atoms. The molecule has 0 heterocycles. The van der Waals surface area contributed by atoms with E-state index >= 15 is 0 Å². The molecule has 0 radical (unpaired) electrons. The molecule has 0 saturated heterocycles. The van der Waals surface area contributed by atoms with Gasteiger partial charge in [-0.3, -0.25) is 4.18 Å². The largest absolute Gasteiger partial charge is 0.333 e. The molecule has 0 aromatic rings. The van der Waals surface area contributed by atoms with E-state index in [4.69, 9.17) is 9.32 Å². The SMILES string of the molecule is CCCC1(OS(N)(=O)=O)CC1. The van der Waals surface area contributed by atoms with Gasteiger partial charge in [-0.25, -0.2) is 5.14 Å². The summed E-state index contributed by atoms with van der Waals surface area (Å²) >= 11 is 0. The lowest BCUT2D eigenvalue weighted by molar-refractivity contribution is 0.175. The molecular weight excluding hydrogens is 166 g/mol. The quantitative estimate of drug-likeness (QED) is 0.684. The van der Waals surface area contributed by atoms with E-state index in [2.05, 4.69) is 0 Å². The lowest BCUT2D eigenvalue weighted by Crippen LogP contribution is -2.25. The third-order valence-electron chi connectivity index (χ3n) is 1.81. The highest BCUT2D eigenvalue weighted by molar-refractivity contribution is 7.84. The summed E-state index contributed by atoms with van der Waals surface area (Å²) in [5.74, 6) is 0. The Morgan fingerprint density at radius 2 is 2.09 bits per heavy atom. The third kappa shape index (κ3) is 2.76. The smallest absolute Gasteiger partial charge is 0.252 e. The molecule has 0 aliphatic heterocycles. The second kappa shape index (κ2) is 2.73.